The van der Waals surface area contributed by atoms with E-state index in [0.717, 1.165) is 16.9 Å². The SMILES string of the molecule is COc1ccc(Cc2cccc(OC)c2C(=O)O)c(OC)c1C. The van der Waals surface area contributed by atoms with Gasteiger partial charge >= 0.3 is 5.97 Å². The standard InChI is InChI=1S/C18H20O5/c1-11-14(21-2)9-8-13(17(11)23-4)10-12-6-5-7-15(22-3)16(12)18(19)20/h5-9H,10H2,1-4H3,(H,19,20). The first-order chi connectivity index (χ1) is 11.0. The largest absolute Gasteiger partial charge is 0.496 e. The Bertz CT molecular complexity index is 722. The van der Waals surface area contributed by atoms with Crippen LogP contribution in [-0.2, 0) is 6.42 Å². The molecule has 0 amide bonds. The smallest absolute Gasteiger partial charge is 0.339 e. The number of carboxylic acids is 1. The Morgan fingerprint density at radius 1 is 0.957 bits per heavy atom. The highest BCUT2D eigenvalue weighted by Crippen LogP contribution is 2.34. The normalized spacial score (nSPS) is 10.3. The molecule has 0 aromatic heterocycles. The molecule has 2 aromatic rings. The van der Waals surface area contributed by atoms with Crippen molar-refractivity contribution in [3.05, 3.63) is 52.6 Å². The van der Waals surface area contributed by atoms with Crippen LogP contribution in [0, 0.1) is 6.92 Å². The van der Waals surface area contributed by atoms with Gasteiger partial charge in [-0.15, -0.1) is 0 Å². The van der Waals surface area contributed by atoms with Crippen LogP contribution in [0.15, 0.2) is 30.3 Å². The van der Waals surface area contributed by atoms with Crippen LogP contribution in [0.25, 0.3) is 0 Å². The summed E-state index contributed by atoms with van der Waals surface area (Å²) in [5.74, 6) is 0.763. The highest BCUT2D eigenvalue weighted by molar-refractivity contribution is 5.92. The minimum Gasteiger partial charge on any atom is -0.496 e. The number of aromatic carboxylic acids is 1. The molecule has 122 valence electrons. The molecule has 0 radical (unpaired) electrons. The molecular formula is C18H20O5. The molecule has 0 unspecified atom stereocenters. The number of benzene rings is 2. The molecule has 0 atom stereocenters. The van der Waals surface area contributed by atoms with Gasteiger partial charge in [0.15, 0.2) is 0 Å². The Morgan fingerprint density at radius 2 is 1.65 bits per heavy atom. The number of carboxylic acid groups (broad SMARTS) is 1. The van der Waals surface area contributed by atoms with Gasteiger partial charge in [-0.05, 0) is 30.2 Å². The van der Waals surface area contributed by atoms with Crippen molar-refractivity contribution in [1.82, 2.24) is 0 Å². The molecular weight excluding hydrogens is 296 g/mol. The Hall–Kier alpha value is -2.69. The first kappa shape index (κ1) is 16.7. The van der Waals surface area contributed by atoms with E-state index in [1.807, 2.05) is 19.1 Å². The van der Waals surface area contributed by atoms with Crippen molar-refractivity contribution < 1.29 is 24.1 Å². The maximum absolute atomic E-state index is 11.6. The van der Waals surface area contributed by atoms with Gasteiger partial charge in [0, 0.05) is 12.0 Å². The summed E-state index contributed by atoms with van der Waals surface area (Å²) in [7, 11) is 4.66. The minimum absolute atomic E-state index is 0.172. The molecule has 2 rings (SSSR count). The van der Waals surface area contributed by atoms with E-state index < -0.39 is 5.97 Å². The van der Waals surface area contributed by atoms with Crippen molar-refractivity contribution in [3.63, 3.8) is 0 Å². The molecule has 0 aliphatic rings. The van der Waals surface area contributed by atoms with Gasteiger partial charge in [-0.2, -0.15) is 0 Å². The van der Waals surface area contributed by atoms with Gasteiger partial charge in [-0.3, -0.25) is 0 Å². The lowest BCUT2D eigenvalue weighted by Crippen LogP contribution is -2.07. The summed E-state index contributed by atoms with van der Waals surface area (Å²) in [5.41, 5.74) is 2.61. The minimum atomic E-state index is -1.01. The van der Waals surface area contributed by atoms with Gasteiger partial charge in [0.2, 0.25) is 0 Å². The van der Waals surface area contributed by atoms with E-state index in [1.54, 1.807) is 32.4 Å². The Balaban J connectivity index is 2.52. The van der Waals surface area contributed by atoms with Gasteiger partial charge in [-0.1, -0.05) is 18.2 Å². The predicted molar refractivity (Wildman–Crippen MR) is 87.0 cm³/mol. The van der Waals surface area contributed by atoms with Crippen LogP contribution >= 0.6 is 0 Å². The maximum atomic E-state index is 11.6. The lowest BCUT2D eigenvalue weighted by Gasteiger charge is -2.16. The van der Waals surface area contributed by atoms with Crippen molar-refractivity contribution in [2.24, 2.45) is 0 Å². The molecule has 1 N–H and O–H groups in total. The zero-order valence-electron chi connectivity index (χ0n) is 13.7. The van der Waals surface area contributed by atoms with Crippen LogP contribution in [-0.4, -0.2) is 32.4 Å². The van der Waals surface area contributed by atoms with Crippen molar-refractivity contribution in [1.29, 1.82) is 0 Å². The molecule has 0 aliphatic carbocycles. The average Bonchev–Trinajstić information content (AvgIpc) is 2.54. The number of hydrogen-bond acceptors (Lipinski definition) is 4. The summed E-state index contributed by atoms with van der Waals surface area (Å²) < 4.78 is 16.0. The highest BCUT2D eigenvalue weighted by Gasteiger charge is 2.19. The molecule has 0 heterocycles. The number of carbonyl (C=O) groups is 1. The van der Waals surface area contributed by atoms with E-state index >= 15 is 0 Å². The van der Waals surface area contributed by atoms with E-state index in [0.29, 0.717) is 23.5 Å². The van der Waals surface area contributed by atoms with E-state index in [2.05, 4.69) is 0 Å². The summed E-state index contributed by atoms with van der Waals surface area (Å²) in [4.78, 5) is 11.6. The van der Waals surface area contributed by atoms with E-state index in [4.69, 9.17) is 14.2 Å². The molecule has 5 nitrogen and oxygen atoms in total. The predicted octanol–water partition coefficient (Wildman–Crippen LogP) is 3.31. The monoisotopic (exact) mass is 316 g/mol. The third kappa shape index (κ3) is 3.23. The fourth-order valence-electron chi connectivity index (χ4n) is 2.72. The maximum Gasteiger partial charge on any atom is 0.339 e. The topological polar surface area (TPSA) is 65.0 Å². The Kier molecular flexibility index (Phi) is 5.11. The second kappa shape index (κ2) is 7.05. The summed E-state index contributed by atoms with van der Waals surface area (Å²) in [6.07, 6.45) is 0.423. The van der Waals surface area contributed by atoms with E-state index in [-0.39, 0.29) is 5.56 Å². The van der Waals surface area contributed by atoms with Crippen LogP contribution in [0.3, 0.4) is 0 Å². The zero-order valence-corrected chi connectivity index (χ0v) is 13.7. The molecule has 0 bridgehead atoms. The second-order valence-corrected chi connectivity index (χ2v) is 5.06. The molecule has 0 aliphatic heterocycles. The molecule has 0 saturated carbocycles. The summed E-state index contributed by atoms with van der Waals surface area (Å²) in [6.45, 7) is 1.91. The van der Waals surface area contributed by atoms with Crippen molar-refractivity contribution >= 4 is 5.97 Å². The van der Waals surface area contributed by atoms with Crippen LogP contribution < -0.4 is 14.2 Å². The molecule has 5 heteroatoms. The fourth-order valence-corrected chi connectivity index (χ4v) is 2.72. The van der Waals surface area contributed by atoms with E-state index in [9.17, 15) is 9.90 Å². The van der Waals surface area contributed by atoms with Gasteiger partial charge in [0.1, 0.15) is 22.8 Å². The number of ether oxygens (including phenoxy) is 3. The van der Waals surface area contributed by atoms with Crippen molar-refractivity contribution in [2.45, 2.75) is 13.3 Å². The van der Waals surface area contributed by atoms with Crippen molar-refractivity contribution in [3.8, 4) is 17.2 Å². The molecule has 23 heavy (non-hydrogen) atoms. The van der Waals surface area contributed by atoms with Gasteiger partial charge in [0.25, 0.3) is 0 Å². The average molecular weight is 316 g/mol. The van der Waals surface area contributed by atoms with E-state index in [1.165, 1.54) is 7.11 Å². The van der Waals surface area contributed by atoms with Crippen LogP contribution in [0.4, 0.5) is 0 Å². The fraction of sp³-hybridized carbons (Fsp3) is 0.278. The third-order valence-corrected chi connectivity index (χ3v) is 3.79. The number of methoxy groups -OCH3 is 3. The first-order valence-electron chi connectivity index (χ1n) is 7.13. The summed E-state index contributed by atoms with van der Waals surface area (Å²) >= 11 is 0. The van der Waals surface area contributed by atoms with Crippen LogP contribution in [0.5, 0.6) is 17.2 Å². The summed E-state index contributed by atoms with van der Waals surface area (Å²) in [6, 6.07) is 8.95. The molecule has 0 fully saturated rings. The second-order valence-electron chi connectivity index (χ2n) is 5.06. The van der Waals surface area contributed by atoms with Gasteiger partial charge in [0.05, 0.1) is 21.3 Å². The number of rotatable bonds is 6. The van der Waals surface area contributed by atoms with Crippen molar-refractivity contribution in [2.75, 3.05) is 21.3 Å². The zero-order chi connectivity index (χ0) is 17.0. The Morgan fingerprint density at radius 3 is 2.22 bits per heavy atom. The third-order valence-electron chi connectivity index (χ3n) is 3.79. The van der Waals surface area contributed by atoms with Gasteiger partial charge < -0.3 is 19.3 Å². The first-order valence-corrected chi connectivity index (χ1v) is 7.13. The lowest BCUT2D eigenvalue weighted by atomic mass is 9.96. The lowest BCUT2D eigenvalue weighted by molar-refractivity contribution is 0.0692. The van der Waals surface area contributed by atoms with Crippen LogP contribution in [0.2, 0.25) is 0 Å². The number of hydrogen-bond donors (Lipinski definition) is 1. The summed E-state index contributed by atoms with van der Waals surface area (Å²) in [5, 5.41) is 9.49. The van der Waals surface area contributed by atoms with Crippen LogP contribution in [0.1, 0.15) is 27.0 Å². The van der Waals surface area contributed by atoms with Gasteiger partial charge in [-0.25, -0.2) is 4.79 Å². The molecule has 0 saturated heterocycles. The molecule has 0 spiro atoms. The molecule has 2 aromatic carbocycles. The quantitative estimate of drug-likeness (QED) is 0.885. The Labute approximate surface area is 135 Å². The highest BCUT2D eigenvalue weighted by atomic mass is 16.5.